The fraction of sp³-hybridized carbons (Fsp3) is 0.621. The van der Waals surface area contributed by atoms with Crippen LogP contribution >= 0.6 is 0 Å². The van der Waals surface area contributed by atoms with Crippen molar-refractivity contribution in [2.75, 3.05) is 20.2 Å². The predicted octanol–water partition coefficient (Wildman–Crippen LogP) is 6.68. The maximum Gasteiger partial charge on any atom is 0.534 e. The number of amides is 2. The quantitative estimate of drug-likeness (QED) is 0.260. The van der Waals surface area contributed by atoms with E-state index in [1.807, 2.05) is 26.8 Å². The fourth-order valence-electron chi connectivity index (χ4n) is 3.95. The Balaban J connectivity index is 0.000000307. The molecule has 248 valence electrons. The van der Waals surface area contributed by atoms with E-state index in [0.717, 1.165) is 28.7 Å². The summed E-state index contributed by atoms with van der Waals surface area (Å²) in [6.45, 7) is 14.8. The molecule has 3 heterocycles. The van der Waals surface area contributed by atoms with Gasteiger partial charge in [0.2, 0.25) is 5.88 Å². The first-order valence-corrected chi connectivity index (χ1v) is 15.4. The van der Waals surface area contributed by atoms with E-state index < -0.39 is 38.8 Å². The maximum atomic E-state index is 12.5. The number of nitrogens with zero attached hydrogens (tertiary/aromatic N) is 3. The molecule has 2 aliphatic heterocycles. The topological polar surface area (TPSA) is 125 Å². The number of rotatable bonds is 4. The number of carbonyl (C=O) groups is 2. The number of pyridine rings is 1. The Labute approximate surface area is 257 Å². The van der Waals surface area contributed by atoms with Crippen LogP contribution in [0.5, 0.6) is 5.75 Å². The predicted molar refractivity (Wildman–Crippen MR) is 156 cm³/mol. The third-order valence-electron chi connectivity index (χ3n) is 5.90. The van der Waals surface area contributed by atoms with Gasteiger partial charge < -0.3 is 18.4 Å². The van der Waals surface area contributed by atoms with Crippen LogP contribution in [0.25, 0.3) is 5.70 Å². The molecule has 0 N–H and O–H groups in total. The molecule has 11 nitrogen and oxygen atoms in total. The molecule has 0 spiro atoms. The number of alkyl halides is 3. The third-order valence-corrected chi connectivity index (χ3v) is 6.86. The van der Waals surface area contributed by atoms with Gasteiger partial charge in [0.25, 0.3) is 0 Å². The van der Waals surface area contributed by atoms with Gasteiger partial charge >= 0.3 is 27.8 Å². The second-order valence-electron chi connectivity index (χ2n) is 12.6. The zero-order valence-corrected chi connectivity index (χ0v) is 27.3. The van der Waals surface area contributed by atoms with Crippen LogP contribution in [0.4, 0.5) is 22.8 Å². The molecular weight excluding hydrogens is 607 g/mol. The van der Waals surface area contributed by atoms with Crippen LogP contribution in [0.3, 0.4) is 0 Å². The molecular formula is C29H42F3N3O8S. The molecule has 0 radical (unpaired) electrons. The average Bonchev–Trinajstić information content (AvgIpc) is 2.87. The van der Waals surface area contributed by atoms with Crippen molar-refractivity contribution in [1.29, 1.82) is 0 Å². The van der Waals surface area contributed by atoms with Gasteiger partial charge in [-0.15, -0.1) is 0 Å². The van der Waals surface area contributed by atoms with Crippen molar-refractivity contribution < 1.29 is 49.6 Å². The molecule has 0 unspecified atom stereocenters. The first kappa shape index (κ1) is 36.7. The van der Waals surface area contributed by atoms with Gasteiger partial charge in [0.1, 0.15) is 17.0 Å². The Kier molecular flexibility index (Phi) is 11.7. The van der Waals surface area contributed by atoms with Gasteiger partial charge in [0.05, 0.1) is 19.0 Å². The summed E-state index contributed by atoms with van der Waals surface area (Å²) in [5, 5.41) is 0. The zero-order chi connectivity index (χ0) is 33.7. The van der Waals surface area contributed by atoms with Crippen LogP contribution in [0, 0.1) is 11.8 Å². The molecule has 3 rings (SSSR count). The van der Waals surface area contributed by atoms with E-state index in [4.69, 9.17) is 14.2 Å². The van der Waals surface area contributed by atoms with Gasteiger partial charge in [-0.25, -0.2) is 14.5 Å². The van der Waals surface area contributed by atoms with Gasteiger partial charge in [-0.1, -0.05) is 19.9 Å². The van der Waals surface area contributed by atoms with Gasteiger partial charge in [-0.05, 0) is 78.4 Å². The van der Waals surface area contributed by atoms with Crippen molar-refractivity contribution in [3.05, 3.63) is 42.1 Å². The highest BCUT2D eigenvalue weighted by molar-refractivity contribution is 7.87. The zero-order valence-electron chi connectivity index (χ0n) is 26.5. The van der Waals surface area contributed by atoms with Crippen LogP contribution in [0.15, 0.2) is 36.5 Å². The fourth-order valence-corrected chi connectivity index (χ4v) is 4.43. The lowest BCUT2D eigenvalue weighted by Gasteiger charge is -2.33. The van der Waals surface area contributed by atoms with E-state index in [1.54, 1.807) is 52.1 Å². The highest BCUT2D eigenvalue weighted by Gasteiger charge is 2.50. The highest BCUT2D eigenvalue weighted by atomic mass is 32.2. The Bertz CT molecular complexity index is 1350. The molecule has 0 bridgehead atoms. The molecule has 1 aromatic rings. The van der Waals surface area contributed by atoms with E-state index in [1.165, 1.54) is 0 Å². The van der Waals surface area contributed by atoms with Gasteiger partial charge in [0.15, 0.2) is 0 Å². The summed E-state index contributed by atoms with van der Waals surface area (Å²) in [4.78, 5) is 31.1. The molecule has 2 aliphatic rings. The van der Waals surface area contributed by atoms with Gasteiger partial charge in [-0.2, -0.15) is 21.6 Å². The summed E-state index contributed by atoms with van der Waals surface area (Å²) in [5.41, 5.74) is -5.28. The molecule has 0 saturated heterocycles. The number of hydrogen-bond donors (Lipinski definition) is 0. The van der Waals surface area contributed by atoms with E-state index >= 15 is 0 Å². The summed E-state index contributed by atoms with van der Waals surface area (Å²) >= 11 is 0. The Morgan fingerprint density at radius 1 is 0.864 bits per heavy atom. The second kappa shape index (κ2) is 14.1. The smallest absolute Gasteiger partial charge is 0.495 e. The SMILES string of the molecule is COc1cncc(C2=CC[C@H](C)CN2C(=O)OC(C)(C)C)c1.C[C@H]1CC=C(OS(=O)(=O)C(F)(F)F)N(C(=O)OC(C)(C)C)C1. The number of methoxy groups -OCH3 is 1. The van der Waals surface area contributed by atoms with Crippen molar-refractivity contribution in [3.63, 3.8) is 0 Å². The van der Waals surface area contributed by atoms with Crippen LogP contribution in [0.2, 0.25) is 0 Å². The number of ether oxygens (including phenoxy) is 3. The number of aromatic nitrogens is 1. The molecule has 0 saturated carbocycles. The highest BCUT2D eigenvalue weighted by Crippen LogP contribution is 2.32. The first-order valence-electron chi connectivity index (χ1n) is 13.9. The Morgan fingerprint density at radius 3 is 1.86 bits per heavy atom. The number of allylic oxidation sites excluding steroid dienone is 2. The van der Waals surface area contributed by atoms with E-state index in [2.05, 4.69) is 22.2 Å². The Hall–Kier alpha value is -3.49. The van der Waals surface area contributed by atoms with Crippen molar-refractivity contribution in [1.82, 2.24) is 14.8 Å². The summed E-state index contributed by atoms with van der Waals surface area (Å²) in [5.74, 6) is 0.300. The van der Waals surface area contributed by atoms with Crippen LogP contribution in [0.1, 0.15) is 73.8 Å². The molecule has 2 amide bonds. The van der Waals surface area contributed by atoms with Crippen LogP contribution in [-0.4, -0.2) is 72.3 Å². The molecule has 0 aromatic carbocycles. The first-order chi connectivity index (χ1) is 20.0. The van der Waals surface area contributed by atoms with Crippen molar-refractivity contribution in [3.8, 4) is 5.75 Å². The normalized spacial score (nSPS) is 19.5. The molecule has 0 aliphatic carbocycles. The van der Waals surface area contributed by atoms with E-state index in [-0.39, 0.29) is 25.0 Å². The Morgan fingerprint density at radius 2 is 1.36 bits per heavy atom. The van der Waals surface area contributed by atoms with Crippen molar-refractivity contribution in [2.45, 2.75) is 84.9 Å². The lowest BCUT2D eigenvalue weighted by atomic mass is 9.99. The molecule has 44 heavy (non-hydrogen) atoms. The standard InChI is InChI=1S/C17H24N2O3.C12H18F3NO5S/c1-12-6-7-15(13-8-14(21-5)10-18-9-13)19(11-12)16(20)22-17(2,3)4;1-8-5-6-9(21-22(18,19)12(13,14)15)16(7-8)10(17)20-11(2,3)4/h7-10,12H,6,11H2,1-5H3;6,8H,5,7H2,1-4H3/t12-;8-/m00/s1. The van der Waals surface area contributed by atoms with Crippen LogP contribution in [-0.2, 0) is 23.8 Å². The number of hydrogen-bond acceptors (Lipinski definition) is 9. The lowest BCUT2D eigenvalue weighted by molar-refractivity contribution is -0.0546. The minimum atomic E-state index is -5.84. The number of carbonyl (C=O) groups excluding carboxylic acids is 2. The molecule has 2 atom stereocenters. The second-order valence-corrected chi connectivity index (χ2v) is 14.1. The van der Waals surface area contributed by atoms with Gasteiger partial charge in [-0.3, -0.25) is 9.88 Å². The summed E-state index contributed by atoms with van der Waals surface area (Å²) < 4.78 is 79.2. The minimum Gasteiger partial charge on any atom is -0.495 e. The minimum absolute atomic E-state index is 0.00583. The lowest BCUT2D eigenvalue weighted by Crippen LogP contribution is -2.42. The average molecular weight is 650 g/mol. The largest absolute Gasteiger partial charge is 0.534 e. The van der Waals surface area contributed by atoms with E-state index in [9.17, 15) is 31.2 Å². The molecule has 15 heteroatoms. The summed E-state index contributed by atoms with van der Waals surface area (Å²) in [7, 11) is -4.24. The van der Waals surface area contributed by atoms with Crippen molar-refractivity contribution >= 4 is 28.0 Å². The summed E-state index contributed by atoms with van der Waals surface area (Å²) in [6.07, 6.45) is 6.48. The van der Waals surface area contributed by atoms with Gasteiger partial charge in [0, 0.05) is 24.8 Å². The molecule has 0 fully saturated rings. The van der Waals surface area contributed by atoms with E-state index in [0.29, 0.717) is 18.2 Å². The monoisotopic (exact) mass is 649 g/mol. The number of halogens is 3. The van der Waals surface area contributed by atoms with Crippen molar-refractivity contribution in [2.24, 2.45) is 11.8 Å². The maximum absolute atomic E-state index is 12.5. The third kappa shape index (κ3) is 10.9. The van der Waals surface area contributed by atoms with Crippen LogP contribution < -0.4 is 4.74 Å². The summed E-state index contributed by atoms with van der Waals surface area (Å²) in [6, 6.07) is 1.88. The molecule has 1 aromatic heterocycles.